The van der Waals surface area contributed by atoms with Crippen molar-refractivity contribution >= 4 is 36.6 Å². The summed E-state index contributed by atoms with van der Waals surface area (Å²) in [7, 11) is 0. The molecule has 11 nitrogen and oxygen atoms in total. The van der Waals surface area contributed by atoms with Crippen LogP contribution in [-0.4, -0.2) is 47.6 Å². The summed E-state index contributed by atoms with van der Waals surface area (Å²) in [6.45, 7) is 4.45. The maximum atomic E-state index is 14.3. The Hall–Kier alpha value is -8.45. The van der Waals surface area contributed by atoms with Crippen LogP contribution in [0.25, 0.3) is 0 Å². The van der Waals surface area contributed by atoms with Crippen LogP contribution < -0.4 is 14.2 Å². The van der Waals surface area contributed by atoms with Crippen LogP contribution in [0, 0.1) is 70.2 Å². The fraction of sp³-hybridized carbons (Fsp3) is 0.333. The smallest absolute Gasteiger partial charge is 0.306 e. The first-order chi connectivity index (χ1) is 42.3. The largest absolute Gasteiger partial charge is 0.503 e. The van der Waals surface area contributed by atoms with Gasteiger partial charge >= 0.3 is 17.9 Å². The fourth-order valence-corrected chi connectivity index (χ4v) is 10.6. The van der Waals surface area contributed by atoms with Gasteiger partial charge in [0.2, 0.25) is 0 Å². The highest BCUT2D eigenvalue weighted by Gasteiger charge is 2.43. The molecule has 0 heterocycles. The number of ether oxygens (including phenoxy) is 5. The Bertz CT molecular complexity index is 3440. The van der Waals surface area contributed by atoms with Gasteiger partial charge in [0.15, 0.2) is 69.5 Å². The lowest BCUT2D eigenvalue weighted by Gasteiger charge is -2.10. The summed E-state index contributed by atoms with van der Waals surface area (Å²) in [5.41, 5.74) is 4.65. The molecule has 0 bridgehead atoms. The normalized spacial score (nSPS) is 19.5. The van der Waals surface area contributed by atoms with E-state index in [1.807, 2.05) is 91.0 Å². The van der Waals surface area contributed by atoms with Gasteiger partial charge in [0, 0.05) is 25.7 Å². The summed E-state index contributed by atoms with van der Waals surface area (Å²) < 4.78 is 137. The molecule has 0 amide bonds. The number of phenols is 1. The minimum absolute atomic E-state index is 0. The third kappa shape index (κ3) is 19.8. The van der Waals surface area contributed by atoms with Crippen LogP contribution in [0.1, 0.15) is 128 Å². The van der Waals surface area contributed by atoms with Gasteiger partial charge in [-0.2, -0.15) is 0 Å². The molecule has 7 aromatic carbocycles. The minimum atomic E-state index is -0.966. The molecule has 8 unspecified atom stereocenters. The highest BCUT2D eigenvalue weighted by Crippen LogP contribution is 2.53. The van der Waals surface area contributed by atoms with E-state index in [0.717, 1.165) is 48.0 Å². The predicted molar refractivity (Wildman–Crippen MR) is 315 cm³/mol. The Labute approximate surface area is 516 Å². The highest BCUT2D eigenvalue weighted by molar-refractivity contribution is 5.85. The zero-order valence-electron chi connectivity index (χ0n) is 48.7. The molecule has 20 heteroatoms. The summed E-state index contributed by atoms with van der Waals surface area (Å²) in [5, 5.41) is 17.7. The topological polar surface area (TPSA) is 155 Å². The van der Waals surface area contributed by atoms with Crippen molar-refractivity contribution < 1.29 is 88.2 Å². The highest BCUT2D eigenvalue weighted by atomic mass is 35.5. The van der Waals surface area contributed by atoms with Crippen LogP contribution in [0.4, 0.5) is 35.1 Å². The van der Waals surface area contributed by atoms with Crippen molar-refractivity contribution in [2.24, 2.45) is 23.7 Å². The molecule has 0 saturated heterocycles. The number of halogens is 9. The number of benzene rings is 7. The van der Waals surface area contributed by atoms with E-state index in [2.05, 4.69) is 0 Å². The first-order valence-corrected chi connectivity index (χ1v) is 29.0. The van der Waals surface area contributed by atoms with Crippen molar-refractivity contribution in [2.45, 2.75) is 109 Å². The molecule has 8 atom stereocenters. The first-order valence-electron chi connectivity index (χ1n) is 29.0. The molecule has 4 aliphatic carbocycles. The van der Waals surface area contributed by atoms with Gasteiger partial charge in [-0.25, -0.2) is 35.1 Å². The van der Waals surface area contributed by atoms with Gasteiger partial charge in [0.05, 0.1) is 13.2 Å². The zero-order chi connectivity index (χ0) is 63.0. The summed E-state index contributed by atoms with van der Waals surface area (Å²) in [4.78, 5) is 43.9. The first kappa shape index (κ1) is 68.0. The molecule has 7 aromatic rings. The lowest BCUT2D eigenvalue weighted by atomic mass is 10.1. The number of hydrogen-bond donors (Lipinski definition) is 2. The summed E-state index contributed by atoms with van der Waals surface area (Å²) >= 11 is 0. The van der Waals surface area contributed by atoms with E-state index in [0.29, 0.717) is 54.7 Å². The molecule has 0 spiro atoms. The number of carbonyl (C=O) groups excluding carboxylic acids is 3. The molecule has 4 fully saturated rings. The Morgan fingerprint density at radius 2 is 0.708 bits per heavy atom. The number of carboxylic acid groups (broad SMARTS) is 1. The Morgan fingerprint density at radius 3 is 0.989 bits per heavy atom. The maximum absolute atomic E-state index is 14.3. The van der Waals surface area contributed by atoms with Crippen LogP contribution in [0.3, 0.4) is 0 Å². The molecule has 472 valence electrons. The number of aliphatic carboxylic acids is 1. The number of carboxylic acids is 1. The van der Waals surface area contributed by atoms with Crippen LogP contribution in [-0.2, 0) is 48.5 Å². The van der Waals surface area contributed by atoms with Crippen LogP contribution in [0.5, 0.6) is 23.0 Å². The number of esters is 2. The van der Waals surface area contributed by atoms with Gasteiger partial charge in [-0.15, -0.1) is 12.4 Å². The van der Waals surface area contributed by atoms with Crippen LogP contribution in [0.2, 0.25) is 0 Å². The summed E-state index contributed by atoms with van der Waals surface area (Å²) in [5.74, 6) is -9.45. The summed E-state index contributed by atoms with van der Waals surface area (Å²) in [6, 6.07) is 37.5. The van der Waals surface area contributed by atoms with Gasteiger partial charge in [-0.3, -0.25) is 14.4 Å². The molecule has 0 aliphatic heterocycles. The van der Waals surface area contributed by atoms with E-state index in [1.165, 1.54) is 36.4 Å². The molecular formula is C69H67ClF8O11. The third-order valence-electron chi connectivity index (χ3n) is 15.5. The number of aromatic hydroxyl groups is 1. The van der Waals surface area contributed by atoms with Crippen molar-refractivity contribution in [3.8, 4) is 23.0 Å². The van der Waals surface area contributed by atoms with E-state index < -0.39 is 64.0 Å². The second-order valence-corrected chi connectivity index (χ2v) is 22.0. The third-order valence-corrected chi connectivity index (χ3v) is 15.5. The number of hydrogen-bond acceptors (Lipinski definition) is 10. The molecule has 4 saturated carbocycles. The van der Waals surface area contributed by atoms with Crippen molar-refractivity contribution in [1.82, 2.24) is 0 Å². The molecule has 4 aliphatic rings. The standard InChI is InChI=1S/C20H20F2O3.C18H16F2O3.C18H16F2O2.C13H14F2O3.ClH/c1-2-24-19(23)11-14-8-16(14)15-9-17(21)20(18(22)10-15)25-12-13-6-4-3-5-7-13;19-15-7-13(14-6-12(14)9-17(21)22)8-16(20)18(15)23-10-11-4-2-1-3-5-11;19-16-9-14(15-8-13(15)6-7-21)10-17(20)18(16)22-11-12-4-2-1-3-5-12;1-2-18-12(16)6-7-3-9(7)8-4-10(14)13(17)11(15)5-8;/h3-7,9-10,14,16H,2,8,11-12H2,1H3;1-5,7-8,12,14H,6,9-10H2,(H,21,22);1-5,7,9-10,13,15H,6,8,11H2;4-5,7,9,17H,2-3,6H2,1H3;1H. The minimum Gasteiger partial charge on any atom is -0.503 e. The van der Waals surface area contributed by atoms with Crippen LogP contribution in [0.15, 0.2) is 140 Å². The predicted octanol–water partition coefficient (Wildman–Crippen LogP) is 16.1. The number of aldehydes is 1. The average Bonchev–Trinajstić information content (AvgIpc) is 1.94. The quantitative estimate of drug-likeness (QED) is 0.0357. The molecule has 2 N–H and O–H groups in total. The second-order valence-electron chi connectivity index (χ2n) is 22.0. The van der Waals surface area contributed by atoms with Gasteiger partial charge in [0.1, 0.15) is 26.1 Å². The van der Waals surface area contributed by atoms with E-state index in [-0.39, 0.29) is 122 Å². The molecule has 89 heavy (non-hydrogen) atoms. The average molecular weight is 1260 g/mol. The molecule has 0 radical (unpaired) electrons. The Balaban J connectivity index is 0.000000169. The van der Waals surface area contributed by atoms with E-state index in [9.17, 15) is 54.3 Å². The van der Waals surface area contributed by atoms with Gasteiger partial charge in [-0.1, -0.05) is 91.0 Å². The van der Waals surface area contributed by atoms with Crippen LogP contribution >= 0.6 is 12.4 Å². The van der Waals surface area contributed by atoms with Gasteiger partial charge in [-0.05, 0) is 174 Å². The lowest BCUT2D eigenvalue weighted by molar-refractivity contribution is -0.144. The number of phenolic OH excluding ortho intramolecular Hbond substituents is 1. The fourth-order valence-electron chi connectivity index (χ4n) is 10.6. The van der Waals surface area contributed by atoms with Crippen molar-refractivity contribution in [3.63, 3.8) is 0 Å². The molecule has 11 rings (SSSR count). The van der Waals surface area contributed by atoms with Crippen molar-refractivity contribution in [1.29, 1.82) is 0 Å². The van der Waals surface area contributed by atoms with Gasteiger partial charge < -0.3 is 38.7 Å². The second kappa shape index (κ2) is 32.2. The van der Waals surface area contributed by atoms with Crippen molar-refractivity contribution in [2.75, 3.05) is 13.2 Å². The monoisotopic (exact) mass is 1260 g/mol. The van der Waals surface area contributed by atoms with E-state index in [4.69, 9.17) is 33.9 Å². The Kier molecular flexibility index (Phi) is 24.6. The lowest BCUT2D eigenvalue weighted by Crippen LogP contribution is -2.05. The maximum Gasteiger partial charge on any atom is 0.306 e. The van der Waals surface area contributed by atoms with Crippen molar-refractivity contribution in [3.05, 3.63) is 225 Å². The van der Waals surface area contributed by atoms with Gasteiger partial charge in [0.25, 0.3) is 0 Å². The summed E-state index contributed by atoms with van der Waals surface area (Å²) in [6.07, 6.45) is 4.79. The van der Waals surface area contributed by atoms with E-state index >= 15 is 0 Å². The zero-order valence-corrected chi connectivity index (χ0v) is 49.5. The van der Waals surface area contributed by atoms with E-state index in [1.54, 1.807) is 13.8 Å². The SMILES string of the molecule is CCOC(=O)CC1CC1c1cc(F)c(O)c(F)c1.CCOC(=O)CC1CC1c1cc(F)c(OCc2ccccc2)c(F)c1.Cl.O=C(O)CC1CC1c1cc(F)c(OCc2ccccc2)c(F)c1.O=CCC1CC1c1cc(F)c(OCc2ccccc2)c(F)c1. The molecular weight excluding hydrogens is 1190 g/mol. The Morgan fingerprint density at radius 1 is 0.438 bits per heavy atom. The molecule has 0 aromatic heterocycles. The number of rotatable bonds is 23. The number of carbonyl (C=O) groups is 4.